The molecule has 0 spiro atoms. The highest BCUT2D eigenvalue weighted by Gasteiger charge is 2.24. The zero-order valence-corrected chi connectivity index (χ0v) is 13.2. The SMILES string of the molecule is CC(C)(C)OC(=O)N[C@@H](CCOC1CCCCC1)C(=O)O. The molecule has 0 aliphatic heterocycles. The van der Waals surface area contributed by atoms with Gasteiger partial charge in [-0.3, -0.25) is 0 Å². The summed E-state index contributed by atoms with van der Waals surface area (Å²) in [6.45, 7) is 5.52. The highest BCUT2D eigenvalue weighted by molar-refractivity contribution is 5.79. The molecule has 1 amide bonds. The van der Waals surface area contributed by atoms with Gasteiger partial charge in [-0.05, 0) is 33.6 Å². The lowest BCUT2D eigenvalue weighted by atomic mass is 9.98. The third-order valence-corrected chi connectivity index (χ3v) is 3.30. The van der Waals surface area contributed by atoms with E-state index in [1.165, 1.54) is 19.3 Å². The first-order valence-corrected chi connectivity index (χ1v) is 7.62. The summed E-state index contributed by atoms with van der Waals surface area (Å²) in [5, 5.41) is 11.5. The average Bonchev–Trinajstić information content (AvgIpc) is 2.36. The molecule has 0 aromatic heterocycles. The highest BCUT2D eigenvalue weighted by atomic mass is 16.6. The van der Waals surface area contributed by atoms with Gasteiger partial charge in [-0.15, -0.1) is 0 Å². The minimum atomic E-state index is -1.08. The van der Waals surface area contributed by atoms with Crippen LogP contribution in [0.5, 0.6) is 0 Å². The summed E-state index contributed by atoms with van der Waals surface area (Å²) in [4.78, 5) is 22.8. The van der Waals surface area contributed by atoms with Crippen LogP contribution in [0.1, 0.15) is 59.3 Å². The number of carbonyl (C=O) groups excluding carboxylic acids is 1. The van der Waals surface area contributed by atoms with E-state index in [1.54, 1.807) is 20.8 Å². The summed E-state index contributed by atoms with van der Waals surface area (Å²) in [6, 6.07) is -0.983. The van der Waals surface area contributed by atoms with Gasteiger partial charge in [0, 0.05) is 13.0 Å². The molecule has 122 valence electrons. The zero-order chi connectivity index (χ0) is 15.9. The first-order valence-electron chi connectivity index (χ1n) is 7.62. The molecular formula is C15H27NO5. The van der Waals surface area contributed by atoms with E-state index in [1.807, 2.05) is 0 Å². The van der Waals surface area contributed by atoms with E-state index in [9.17, 15) is 9.59 Å². The minimum Gasteiger partial charge on any atom is -0.480 e. The van der Waals surface area contributed by atoms with E-state index < -0.39 is 23.7 Å². The van der Waals surface area contributed by atoms with Gasteiger partial charge in [-0.2, -0.15) is 0 Å². The van der Waals surface area contributed by atoms with Crippen molar-refractivity contribution in [3.8, 4) is 0 Å². The Morgan fingerprint density at radius 2 is 1.86 bits per heavy atom. The molecule has 1 aliphatic rings. The molecule has 0 heterocycles. The van der Waals surface area contributed by atoms with E-state index in [0.717, 1.165) is 12.8 Å². The molecule has 0 saturated heterocycles. The Bertz CT molecular complexity index is 344. The van der Waals surface area contributed by atoms with Crippen LogP contribution in [0.2, 0.25) is 0 Å². The van der Waals surface area contributed by atoms with Crippen LogP contribution in [0, 0.1) is 0 Å². The summed E-state index contributed by atoms with van der Waals surface area (Å²) in [7, 11) is 0. The summed E-state index contributed by atoms with van der Waals surface area (Å²) < 4.78 is 10.8. The molecule has 1 aliphatic carbocycles. The number of amides is 1. The summed E-state index contributed by atoms with van der Waals surface area (Å²) >= 11 is 0. The number of aliphatic carboxylic acids is 1. The van der Waals surface area contributed by atoms with Gasteiger partial charge in [0.25, 0.3) is 0 Å². The lowest BCUT2D eigenvalue weighted by molar-refractivity contribution is -0.140. The van der Waals surface area contributed by atoms with E-state index in [-0.39, 0.29) is 12.5 Å². The van der Waals surface area contributed by atoms with Crippen molar-refractivity contribution in [2.45, 2.75) is 77.0 Å². The van der Waals surface area contributed by atoms with Crippen LogP contribution in [0.4, 0.5) is 4.79 Å². The highest BCUT2D eigenvalue weighted by Crippen LogP contribution is 2.20. The van der Waals surface area contributed by atoms with Crippen molar-refractivity contribution in [3.63, 3.8) is 0 Å². The van der Waals surface area contributed by atoms with Crippen molar-refractivity contribution < 1.29 is 24.2 Å². The van der Waals surface area contributed by atoms with Gasteiger partial charge in [-0.25, -0.2) is 9.59 Å². The Labute approximate surface area is 126 Å². The Kier molecular flexibility index (Phi) is 6.95. The molecule has 6 nitrogen and oxygen atoms in total. The zero-order valence-electron chi connectivity index (χ0n) is 13.2. The number of hydrogen-bond acceptors (Lipinski definition) is 4. The molecule has 0 aromatic rings. The fraction of sp³-hybridized carbons (Fsp3) is 0.867. The second-order valence-electron chi connectivity index (χ2n) is 6.46. The topological polar surface area (TPSA) is 84.9 Å². The lowest BCUT2D eigenvalue weighted by Crippen LogP contribution is -2.44. The fourth-order valence-electron chi connectivity index (χ4n) is 2.29. The molecule has 1 atom stereocenters. The van der Waals surface area contributed by atoms with Gasteiger partial charge in [0.05, 0.1) is 6.10 Å². The van der Waals surface area contributed by atoms with Crippen LogP contribution in [-0.4, -0.2) is 41.5 Å². The third-order valence-electron chi connectivity index (χ3n) is 3.30. The molecule has 1 fully saturated rings. The first-order chi connectivity index (χ1) is 9.78. The van der Waals surface area contributed by atoms with Gasteiger partial charge in [0.1, 0.15) is 11.6 Å². The van der Waals surface area contributed by atoms with Crippen molar-refractivity contribution in [1.82, 2.24) is 5.32 Å². The fourth-order valence-corrected chi connectivity index (χ4v) is 2.29. The summed E-state index contributed by atoms with van der Waals surface area (Å²) in [5.41, 5.74) is -0.647. The number of carboxylic acids is 1. The number of carbonyl (C=O) groups is 2. The monoisotopic (exact) mass is 301 g/mol. The predicted octanol–water partition coefficient (Wildman–Crippen LogP) is 2.70. The van der Waals surface area contributed by atoms with Gasteiger partial charge >= 0.3 is 12.1 Å². The van der Waals surface area contributed by atoms with Crippen molar-refractivity contribution in [1.29, 1.82) is 0 Å². The maximum absolute atomic E-state index is 11.6. The quantitative estimate of drug-likeness (QED) is 0.788. The van der Waals surface area contributed by atoms with Gasteiger partial charge in [0.15, 0.2) is 0 Å². The maximum atomic E-state index is 11.6. The standard InChI is InChI=1S/C15H27NO5/c1-15(2,3)21-14(19)16-12(13(17)18)9-10-20-11-7-5-4-6-8-11/h11-12H,4-10H2,1-3H3,(H,16,19)(H,17,18)/t12-/m0/s1. The van der Waals surface area contributed by atoms with Crippen LogP contribution in [0.25, 0.3) is 0 Å². The predicted molar refractivity (Wildman–Crippen MR) is 78.2 cm³/mol. The number of rotatable bonds is 6. The molecule has 0 unspecified atom stereocenters. The Morgan fingerprint density at radius 3 is 2.38 bits per heavy atom. The number of nitrogens with one attached hydrogen (secondary N) is 1. The molecule has 1 saturated carbocycles. The minimum absolute atomic E-state index is 0.231. The Balaban J connectivity index is 2.32. The number of alkyl carbamates (subject to hydrolysis) is 1. The van der Waals surface area contributed by atoms with Crippen LogP contribution in [0.15, 0.2) is 0 Å². The van der Waals surface area contributed by atoms with Crippen molar-refractivity contribution in [2.75, 3.05) is 6.61 Å². The van der Waals surface area contributed by atoms with E-state index in [0.29, 0.717) is 6.61 Å². The molecule has 1 rings (SSSR count). The summed E-state index contributed by atoms with van der Waals surface area (Å²) in [6.07, 6.45) is 5.42. The second-order valence-corrected chi connectivity index (χ2v) is 6.46. The van der Waals surface area contributed by atoms with Gasteiger partial charge < -0.3 is 19.9 Å². The average molecular weight is 301 g/mol. The maximum Gasteiger partial charge on any atom is 0.408 e. The number of hydrogen-bond donors (Lipinski definition) is 2. The Morgan fingerprint density at radius 1 is 1.24 bits per heavy atom. The molecule has 6 heteroatoms. The number of carboxylic acid groups (broad SMARTS) is 1. The molecule has 2 N–H and O–H groups in total. The van der Waals surface area contributed by atoms with Crippen molar-refractivity contribution >= 4 is 12.1 Å². The Hall–Kier alpha value is -1.30. The van der Waals surface area contributed by atoms with Crippen LogP contribution in [-0.2, 0) is 14.3 Å². The number of ether oxygens (including phenoxy) is 2. The molecule has 0 aromatic carbocycles. The van der Waals surface area contributed by atoms with Crippen molar-refractivity contribution in [2.24, 2.45) is 0 Å². The third kappa shape index (κ3) is 7.90. The molecule has 0 radical (unpaired) electrons. The molecule has 0 bridgehead atoms. The smallest absolute Gasteiger partial charge is 0.408 e. The van der Waals surface area contributed by atoms with Crippen LogP contribution < -0.4 is 5.32 Å². The first kappa shape index (κ1) is 17.8. The van der Waals surface area contributed by atoms with E-state index >= 15 is 0 Å². The molecule has 21 heavy (non-hydrogen) atoms. The lowest BCUT2D eigenvalue weighted by Gasteiger charge is -2.24. The summed E-state index contributed by atoms with van der Waals surface area (Å²) in [5.74, 6) is -1.08. The van der Waals surface area contributed by atoms with Crippen LogP contribution in [0.3, 0.4) is 0 Å². The molecular weight excluding hydrogens is 274 g/mol. The second kappa shape index (κ2) is 8.22. The van der Waals surface area contributed by atoms with Crippen LogP contribution >= 0.6 is 0 Å². The normalized spacial score (nSPS) is 18.0. The van der Waals surface area contributed by atoms with Crippen molar-refractivity contribution in [3.05, 3.63) is 0 Å². The largest absolute Gasteiger partial charge is 0.480 e. The van der Waals surface area contributed by atoms with Gasteiger partial charge in [0.2, 0.25) is 0 Å². The van der Waals surface area contributed by atoms with Gasteiger partial charge in [-0.1, -0.05) is 19.3 Å². The van der Waals surface area contributed by atoms with E-state index in [2.05, 4.69) is 5.32 Å². The van der Waals surface area contributed by atoms with E-state index in [4.69, 9.17) is 14.6 Å².